The van der Waals surface area contributed by atoms with Crippen molar-refractivity contribution >= 4 is 18.3 Å². The maximum atomic E-state index is 13.8. The molecule has 0 radical (unpaired) electrons. The molecule has 0 spiro atoms. The lowest BCUT2D eigenvalue weighted by atomic mass is 9.88. The largest absolute Gasteiger partial charge is 0.342 e. The molecule has 24 heavy (non-hydrogen) atoms. The van der Waals surface area contributed by atoms with Crippen LogP contribution in [0.3, 0.4) is 0 Å². The number of likely N-dealkylation sites (tertiary alicyclic amines) is 1. The number of benzene rings is 1. The summed E-state index contributed by atoms with van der Waals surface area (Å²) in [6, 6.07) is 7.03. The van der Waals surface area contributed by atoms with Crippen LogP contribution in [0.4, 0.5) is 4.39 Å². The minimum atomic E-state index is -0.109. The molecule has 5 heteroatoms. The fraction of sp³-hybridized carbons (Fsp3) is 0.632. The Hall–Kier alpha value is -1.13. The van der Waals surface area contributed by atoms with Gasteiger partial charge in [-0.2, -0.15) is 0 Å². The Morgan fingerprint density at radius 2 is 1.88 bits per heavy atom. The number of piperidine rings is 1. The molecule has 1 aliphatic carbocycles. The highest BCUT2D eigenvalue weighted by atomic mass is 35.5. The average molecular weight is 355 g/mol. The first-order chi connectivity index (χ1) is 11.2. The Morgan fingerprint density at radius 1 is 1.17 bits per heavy atom. The first-order valence-corrected chi connectivity index (χ1v) is 8.91. The van der Waals surface area contributed by atoms with E-state index in [2.05, 4.69) is 0 Å². The fourth-order valence-corrected chi connectivity index (χ4v) is 4.21. The van der Waals surface area contributed by atoms with Gasteiger partial charge in [0, 0.05) is 19.0 Å². The predicted molar refractivity (Wildman–Crippen MR) is 96.5 cm³/mol. The number of carbonyl (C=O) groups excluding carboxylic acids is 1. The molecule has 1 aromatic rings. The number of rotatable bonds is 4. The summed E-state index contributed by atoms with van der Waals surface area (Å²) >= 11 is 0. The smallest absolute Gasteiger partial charge is 0.226 e. The van der Waals surface area contributed by atoms with Crippen LogP contribution in [-0.2, 0) is 11.2 Å². The highest BCUT2D eigenvalue weighted by molar-refractivity contribution is 5.85. The molecule has 0 aromatic heterocycles. The van der Waals surface area contributed by atoms with Crippen LogP contribution in [0.25, 0.3) is 0 Å². The summed E-state index contributed by atoms with van der Waals surface area (Å²) in [5.74, 6) is 1.19. The minimum absolute atomic E-state index is 0. The number of hydrogen-bond acceptors (Lipinski definition) is 2. The number of hydrogen-bond donors (Lipinski definition) is 1. The van der Waals surface area contributed by atoms with Crippen molar-refractivity contribution in [1.82, 2.24) is 4.90 Å². The van der Waals surface area contributed by atoms with Gasteiger partial charge in [-0.25, -0.2) is 4.39 Å². The molecular weight excluding hydrogens is 327 g/mol. The number of halogens is 2. The Labute approximate surface area is 150 Å². The molecule has 0 bridgehead atoms. The molecule has 1 amide bonds. The average Bonchev–Trinajstić information content (AvgIpc) is 3.05. The molecular formula is C19H28ClFN2O. The highest BCUT2D eigenvalue weighted by Crippen LogP contribution is 2.33. The van der Waals surface area contributed by atoms with Crippen LogP contribution in [0.5, 0.6) is 0 Å². The van der Waals surface area contributed by atoms with Crippen LogP contribution in [-0.4, -0.2) is 30.4 Å². The van der Waals surface area contributed by atoms with E-state index >= 15 is 0 Å². The lowest BCUT2D eigenvalue weighted by molar-refractivity contribution is -0.138. The van der Waals surface area contributed by atoms with E-state index in [4.69, 9.17) is 5.73 Å². The van der Waals surface area contributed by atoms with Crippen molar-refractivity contribution in [3.63, 3.8) is 0 Å². The van der Waals surface area contributed by atoms with Gasteiger partial charge in [-0.15, -0.1) is 12.4 Å². The van der Waals surface area contributed by atoms with Gasteiger partial charge in [0.25, 0.3) is 0 Å². The van der Waals surface area contributed by atoms with Gasteiger partial charge in [-0.1, -0.05) is 24.6 Å². The molecule has 1 heterocycles. The van der Waals surface area contributed by atoms with Gasteiger partial charge >= 0.3 is 0 Å². The number of nitrogens with zero attached hydrogens (tertiary/aromatic N) is 1. The Kier molecular flexibility index (Phi) is 7.05. The van der Waals surface area contributed by atoms with E-state index in [1.54, 1.807) is 6.07 Å². The second-order valence-electron chi connectivity index (χ2n) is 7.10. The molecule has 134 valence electrons. The molecule has 3 rings (SSSR count). The van der Waals surface area contributed by atoms with Gasteiger partial charge < -0.3 is 10.6 Å². The third-order valence-corrected chi connectivity index (χ3v) is 5.67. The molecule has 2 fully saturated rings. The van der Waals surface area contributed by atoms with Crippen molar-refractivity contribution in [2.45, 2.75) is 38.5 Å². The number of nitrogens with two attached hydrogens (primary N) is 1. The second-order valence-corrected chi connectivity index (χ2v) is 7.10. The lowest BCUT2D eigenvalue weighted by Crippen LogP contribution is -2.43. The summed E-state index contributed by atoms with van der Waals surface area (Å²) in [4.78, 5) is 14.7. The van der Waals surface area contributed by atoms with Crippen LogP contribution in [0, 0.1) is 23.6 Å². The summed E-state index contributed by atoms with van der Waals surface area (Å²) in [7, 11) is 0. The van der Waals surface area contributed by atoms with E-state index in [1.807, 2.05) is 17.0 Å². The van der Waals surface area contributed by atoms with Gasteiger partial charge in [0.2, 0.25) is 5.91 Å². The van der Waals surface area contributed by atoms with E-state index in [1.165, 1.54) is 6.07 Å². The fourth-order valence-electron chi connectivity index (χ4n) is 4.21. The van der Waals surface area contributed by atoms with Crippen molar-refractivity contribution in [3.05, 3.63) is 35.6 Å². The van der Waals surface area contributed by atoms with Gasteiger partial charge in [-0.05, 0) is 62.1 Å². The molecule has 1 saturated carbocycles. The SMILES string of the molecule is Cl.NC[C@H]1CCC[C@H]1C(=O)N1CCC(Cc2ccccc2F)CC1. The normalized spacial score (nSPS) is 24.7. The molecule has 2 atom stereocenters. The minimum Gasteiger partial charge on any atom is -0.342 e. The first kappa shape index (κ1) is 19.2. The maximum absolute atomic E-state index is 13.8. The molecule has 1 aromatic carbocycles. The summed E-state index contributed by atoms with van der Waals surface area (Å²) in [5.41, 5.74) is 6.61. The van der Waals surface area contributed by atoms with Gasteiger partial charge in [0.05, 0.1) is 0 Å². The Balaban J connectivity index is 0.00000208. The van der Waals surface area contributed by atoms with Crippen LogP contribution < -0.4 is 5.73 Å². The predicted octanol–water partition coefficient (Wildman–Crippen LogP) is 3.40. The topological polar surface area (TPSA) is 46.3 Å². The van der Waals surface area contributed by atoms with Gasteiger partial charge in [-0.3, -0.25) is 4.79 Å². The van der Waals surface area contributed by atoms with Crippen molar-refractivity contribution in [2.24, 2.45) is 23.5 Å². The Morgan fingerprint density at radius 3 is 2.54 bits per heavy atom. The van der Waals surface area contributed by atoms with Crippen molar-refractivity contribution in [1.29, 1.82) is 0 Å². The Bertz CT molecular complexity index is 546. The molecule has 1 saturated heterocycles. The molecule has 1 aliphatic heterocycles. The summed E-state index contributed by atoms with van der Waals surface area (Å²) in [6.45, 7) is 2.25. The summed E-state index contributed by atoms with van der Waals surface area (Å²) in [5, 5.41) is 0. The third kappa shape index (κ3) is 4.28. The van der Waals surface area contributed by atoms with Crippen molar-refractivity contribution in [2.75, 3.05) is 19.6 Å². The second kappa shape index (κ2) is 8.82. The quantitative estimate of drug-likeness (QED) is 0.900. The third-order valence-electron chi connectivity index (χ3n) is 5.67. The number of amides is 1. The zero-order valence-corrected chi connectivity index (χ0v) is 14.9. The van der Waals surface area contributed by atoms with E-state index in [0.29, 0.717) is 24.3 Å². The summed E-state index contributed by atoms with van der Waals surface area (Å²) < 4.78 is 13.8. The van der Waals surface area contributed by atoms with E-state index in [-0.39, 0.29) is 24.1 Å². The van der Waals surface area contributed by atoms with Crippen LogP contribution >= 0.6 is 12.4 Å². The van der Waals surface area contributed by atoms with Crippen LogP contribution in [0.2, 0.25) is 0 Å². The van der Waals surface area contributed by atoms with Gasteiger partial charge in [0.1, 0.15) is 5.82 Å². The summed E-state index contributed by atoms with van der Waals surface area (Å²) in [6.07, 6.45) is 5.94. The number of carbonyl (C=O) groups is 1. The standard InChI is InChI=1S/C19H27FN2O.ClH/c20-18-7-2-1-4-15(18)12-14-8-10-22(11-9-14)19(23)17-6-3-5-16(17)13-21;/h1-2,4,7,14,16-17H,3,5-6,8-13,21H2;1H/t16-,17-;/m1./s1. The zero-order valence-electron chi connectivity index (χ0n) is 14.1. The lowest BCUT2D eigenvalue weighted by Gasteiger charge is -2.34. The molecule has 2 N–H and O–H groups in total. The van der Waals surface area contributed by atoms with E-state index in [9.17, 15) is 9.18 Å². The van der Waals surface area contributed by atoms with Crippen LogP contribution in [0.1, 0.15) is 37.7 Å². The monoisotopic (exact) mass is 354 g/mol. The van der Waals surface area contributed by atoms with E-state index < -0.39 is 0 Å². The first-order valence-electron chi connectivity index (χ1n) is 8.91. The zero-order chi connectivity index (χ0) is 16.2. The highest BCUT2D eigenvalue weighted by Gasteiger charge is 2.35. The molecule has 0 unspecified atom stereocenters. The van der Waals surface area contributed by atoms with Crippen LogP contribution in [0.15, 0.2) is 24.3 Å². The molecule has 3 nitrogen and oxygen atoms in total. The van der Waals surface area contributed by atoms with Crippen molar-refractivity contribution in [3.8, 4) is 0 Å². The van der Waals surface area contributed by atoms with Crippen molar-refractivity contribution < 1.29 is 9.18 Å². The van der Waals surface area contributed by atoms with E-state index in [0.717, 1.165) is 57.2 Å². The molecule has 2 aliphatic rings. The van der Waals surface area contributed by atoms with Gasteiger partial charge in [0.15, 0.2) is 0 Å². The maximum Gasteiger partial charge on any atom is 0.226 e.